The molecule has 0 saturated heterocycles. The Morgan fingerprint density at radius 1 is 1.05 bits per heavy atom. The first kappa shape index (κ1) is 23.3. The molecule has 9 heteroatoms. The second-order valence-corrected chi connectivity index (χ2v) is 3.51. The number of carbonyl (C=O) groups is 1. The fourth-order valence-electron chi connectivity index (χ4n) is 0.965. The fourth-order valence-corrected chi connectivity index (χ4v) is 0.965. The molecule has 0 bridgehead atoms. The molecule has 0 fully saturated rings. The maximum absolute atomic E-state index is 10.4. The number of carbonyl (C=O) groups excluding carboxylic acids is 1. The van der Waals surface area contributed by atoms with Gasteiger partial charge in [0.25, 0.3) is 0 Å². The van der Waals surface area contributed by atoms with Crippen molar-refractivity contribution in [1.29, 1.82) is 0 Å². The Morgan fingerprint density at radius 3 is 1.95 bits per heavy atom. The van der Waals surface area contributed by atoms with E-state index in [1.807, 2.05) is 0 Å². The molecule has 0 aliphatic heterocycles. The monoisotopic (exact) mass is 548 g/mol. The van der Waals surface area contributed by atoms with Crippen LogP contribution in [-0.2, 0) is 19.0 Å². The largest absolute Gasteiger partial charge is 0.569 e. The predicted molar refractivity (Wildman–Crippen MR) is 66.1 cm³/mol. The van der Waals surface area contributed by atoms with E-state index in [0.29, 0.717) is 0 Å². The van der Waals surface area contributed by atoms with Crippen LogP contribution in [0.2, 0.25) is 0 Å². The van der Waals surface area contributed by atoms with Crippen LogP contribution in [-0.4, -0.2) is 66.5 Å². The van der Waals surface area contributed by atoms with Crippen LogP contribution in [0, 0.1) is 14.2 Å². The van der Waals surface area contributed by atoms with Gasteiger partial charge in [0.15, 0.2) is 0 Å². The minimum atomic E-state index is -0.809. The molecule has 2 unspecified atom stereocenters. The van der Waals surface area contributed by atoms with Gasteiger partial charge >= 0.3 is 0 Å². The summed E-state index contributed by atoms with van der Waals surface area (Å²) in [5.74, 6) is -0.452. The Morgan fingerprint density at radius 2 is 1.50 bits per heavy atom. The van der Waals surface area contributed by atoms with E-state index in [1.165, 1.54) is 0 Å². The molecule has 0 aliphatic rings. The molecule has 5 N–H and O–H groups in total. The van der Waals surface area contributed by atoms with Gasteiger partial charge in [0.2, 0.25) is 5.91 Å². The van der Waals surface area contributed by atoms with Crippen molar-refractivity contribution < 1.29 is 34.3 Å². The van der Waals surface area contributed by atoms with Crippen molar-refractivity contribution >= 4 is 5.91 Å². The molecule has 0 aliphatic carbocycles. The van der Waals surface area contributed by atoms with E-state index in [2.05, 4.69) is 19.0 Å². The molecule has 2 atom stereocenters. The van der Waals surface area contributed by atoms with Crippen molar-refractivity contribution in [3.63, 3.8) is 0 Å². The van der Waals surface area contributed by atoms with Crippen LogP contribution in [0.4, 0.5) is 0 Å². The number of amides is 1. The zero-order valence-corrected chi connectivity index (χ0v) is 18.0. The maximum atomic E-state index is 10.4. The van der Waals surface area contributed by atoms with Gasteiger partial charge < -0.3 is 35.3 Å². The normalized spacial score (nSPS) is 12.7. The smallest absolute Gasteiger partial charge is 0.219 e. The number of aliphatic hydroxyl groups is 3. The van der Waals surface area contributed by atoms with Crippen molar-refractivity contribution in [1.82, 2.24) is 0 Å². The molecule has 0 rings (SSSR count). The van der Waals surface area contributed by atoms with Gasteiger partial charge in [0.1, 0.15) is 6.10 Å². The molecule has 20 heavy (non-hydrogen) atoms. The van der Waals surface area contributed by atoms with Gasteiger partial charge in [-0.15, -0.1) is 0 Å². The zero-order valence-electron chi connectivity index (χ0n) is 11.6. The van der Waals surface area contributed by atoms with Gasteiger partial charge in [-0.25, -0.2) is 14.2 Å². The molecule has 0 aromatic heterocycles. The molecule has 0 heterocycles. The molecule has 0 saturated carbocycles. The zero-order chi connectivity index (χ0) is 15.1. The van der Waals surface area contributed by atoms with E-state index in [9.17, 15) is 15.0 Å². The van der Waals surface area contributed by atoms with Crippen molar-refractivity contribution in [2.45, 2.75) is 18.6 Å². The third-order valence-electron chi connectivity index (χ3n) is 1.73. The summed E-state index contributed by atoms with van der Waals surface area (Å²) >= 11 is 0. The minimum Gasteiger partial charge on any atom is -0.569 e. The summed E-state index contributed by atoms with van der Waals surface area (Å²) in [7, 11) is 5.36. The standard InChI is InChI=1S/C10H20NO6.CH3O.Rf/c1-15-4-8(12)6-17-7-9(13)5-16-3-2-10(11)14;1-2;/h8-9,12-13H,1-7H2,(H2,11,14);2H,1H2;/q2*-1;. The SMILES string of the molecule is [CH2-]O.[CH2-]OCC(O)COCC(O)COCCC(N)=O.[Rf]. The van der Waals surface area contributed by atoms with E-state index >= 15 is 0 Å². The van der Waals surface area contributed by atoms with Gasteiger partial charge in [-0.2, -0.15) is 0 Å². The predicted octanol–water partition coefficient (Wildman–Crippen LogP) is -1.42. The number of ether oxygens (including phenoxy) is 3. The van der Waals surface area contributed by atoms with Crippen LogP contribution < -0.4 is 5.73 Å². The van der Waals surface area contributed by atoms with Crippen molar-refractivity contribution in [3.8, 4) is 0 Å². The first-order valence-electron chi connectivity index (χ1n) is 5.54. The van der Waals surface area contributed by atoms with Crippen LogP contribution in [0.15, 0.2) is 0 Å². The van der Waals surface area contributed by atoms with Crippen LogP contribution in [0.1, 0.15) is 6.42 Å². The Balaban J connectivity index is -0.000000916. The molecule has 0 spiro atoms. The molecule has 0 aromatic carbocycles. The second-order valence-electron chi connectivity index (χ2n) is 3.51. The van der Waals surface area contributed by atoms with Gasteiger partial charge in [-0.1, -0.05) is 0 Å². The fraction of sp³-hybridized carbons (Fsp3) is 0.727. The van der Waals surface area contributed by atoms with Gasteiger partial charge in [-0.05, 0) is 0 Å². The summed E-state index contributed by atoms with van der Waals surface area (Å²) in [6, 6.07) is 0. The molecule has 118 valence electrons. The summed E-state index contributed by atoms with van der Waals surface area (Å²) in [4.78, 5) is 10.4. The molecule has 0 radical (unpaired) electrons. The summed E-state index contributed by atoms with van der Waals surface area (Å²) < 4.78 is 14.4. The van der Waals surface area contributed by atoms with E-state index in [0.717, 1.165) is 0 Å². The topological polar surface area (TPSA) is 131 Å². The maximum Gasteiger partial charge on any atom is 0.219 e. The summed E-state index contributed by atoms with van der Waals surface area (Å²) in [5.41, 5.74) is 4.90. The van der Waals surface area contributed by atoms with E-state index in [-0.39, 0.29) is 39.5 Å². The number of aliphatic hydroxyl groups excluding tert-OH is 3. The Hall–Kier alpha value is -1.77. The first-order valence-corrected chi connectivity index (χ1v) is 5.54. The van der Waals surface area contributed by atoms with Crippen LogP contribution in [0.25, 0.3) is 0 Å². The third-order valence-corrected chi connectivity index (χ3v) is 1.73. The molecule has 1 amide bonds. The van der Waals surface area contributed by atoms with Crippen molar-refractivity contribution in [2.24, 2.45) is 5.73 Å². The van der Waals surface area contributed by atoms with E-state index in [4.69, 9.17) is 20.3 Å². The number of hydrogen-bond acceptors (Lipinski definition) is 7. The minimum absolute atomic E-state index is 0. The third kappa shape index (κ3) is 18.6. The van der Waals surface area contributed by atoms with Gasteiger partial charge in [-0.3, -0.25) is 4.79 Å². The average molecular weight is 548 g/mol. The van der Waals surface area contributed by atoms with Crippen LogP contribution in [0.3, 0.4) is 0 Å². The Bertz CT molecular complexity index is 209. The molecular formula is C11H23NO7Rf-2. The Labute approximate surface area is 113 Å². The summed E-state index contributed by atoms with van der Waals surface area (Å²) in [6.45, 7) is 0.378. The first-order chi connectivity index (χ1) is 9.06. The van der Waals surface area contributed by atoms with Crippen molar-refractivity contribution in [2.75, 3.05) is 33.0 Å². The van der Waals surface area contributed by atoms with Gasteiger partial charge in [0, 0.05) is 13.0 Å². The van der Waals surface area contributed by atoms with Crippen LogP contribution in [0.5, 0.6) is 0 Å². The number of rotatable bonds is 11. The van der Waals surface area contributed by atoms with Crippen LogP contribution >= 0.6 is 0 Å². The van der Waals surface area contributed by atoms with Crippen molar-refractivity contribution in [3.05, 3.63) is 14.2 Å². The average Bonchev–Trinajstić information content (AvgIpc) is 2.37. The number of hydrogen-bond donors (Lipinski definition) is 4. The molecular weight excluding hydrogens is 525 g/mol. The van der Waals surface area contributed by atoms with Gasteiger partial charge in [0.05, 0.1) is 32.5 Å². The summed E-state index contributed by atoms with van der Waals surface area (Å²) in [6.07, 6.45) is -1.46. The number of primary amides is 1. The molecule has 0 aromatic rings. The quantitative estimate of drug-likeness (QED) is 0.184. The molecule has 8 nitrogen and oxygen atoms in total. The Kier molecular flexibility index (Phi) is 20.1. The van der Waals surface area contributed by atoms with E-state index in [1.54, 1.807) is 0 Å². The second kappa shape index (κ2) is 17.2. The van der Waals surface area contributed by atoms with E-state index < -0.39 is 18.1 Å². The summed E-state index contributed by atoms with van der Waals surface area (Å²) in [5, 5.41) is 25.3. The number of nitrogens with two attached hydrogens (primary N) is 1.